The fourth-order valence-electron chi connectivity index (χ4n) is 9.95. The summed E-state index contributed by atoms with van der Waals surface area (Å²) in [6.07, 6.45) is 11.6. The van der Waals surface area contributed by atoms with E-state index in [1.54, 1.807) is 7.11 Å². The van der Waals surface area contributed by atoms with Crippen molar-refractivity contribution in [3.8, 4) is 11.5 Å². The van der Waals surface area contributed by atoms with E-state index in [2.05, 4.69) is 37.8 Å². The van der Waals surface area contributed by atoms with Crippen LogP contribution in [0, 0.1) is 40.4 Å². The van der Waals surface area contributed by atoms with Crippen molar-refractivity contribution >= 4 is 0 Å². The Morgan fingerprint density at radius 1 is 1.03 bits per heavy atom. The predicted octanol–water partition coefficient (Wildman–Crippen LogP) is 6.26. The van der Waals surface area contributed by atoms with E-state index in [1.807, 2.05) is 6.07 Å². The molecule has 0 aromatic heterocycles. The molecule has 0 spiro atoms. The molecule has 1 N–H and O–H groups in total. The van der Waals surface area contributed by atoms with Crippen LogP contribution in [0.2, 0.25) is 0 Å². The number of hydrogen-bond acceptors (Lipinski definition) is 4. The van der Waals surface area contributed by atoms with Gasteiger partial charge in [0.05, 0.1) is 13.2 Å². The zero-order valence-electron chi connectivity index (χ0n) is 21.8. The highest BCUT2D eigenvalue weighted by atomic mass is 16.5. The lowest BCUT2D eigenvalue weighted by atomic mass is 9.44. The standard InChI is InChI=1S/C30H45NO3/c1-19(31-17-20-15-23(33-4)6-10-28(20)34-18-31)25-8-9-26-24-7-5-21-16-22(32)11-13-29(21,2)27(24)12-14-30(25,26)3/h6,10,15,19,21-22,24-27,32H,5,7-9,11-14,16-18H2,1-4H3/t19-,21+,22+,24-,25+,26-,27-,29+,30+/m1/s1. The fourth-order valence-corrected chi connectivity index (χ4v) is 9.95. The Morgan fingerprint density at radius 3 is 2.65 bits per heavy atom. The van der Waals surface area contributed by atoms with E-state index in [0.29, 0.717) is 23.6 Å². The predicted molar refractivity (Wildman–Crippen MR) is 135 cm³/mol. The summed E-state index contributed by atoms with van der Waals surface area (Å²) in [7, 11) is 1.74. The zero-order chi connectivity index (χ0) is 23.7. The molecule has 0 amide bonds. The van der Waals surface area contributed by atoms with Crippen LogP contribution in [-0.4, -0.2) is 36.0 Å². The fraction of sp³-hybridized carbons (Fsp3) is 0.800. The van der Waals surface area contributed by atoms with Crippen LogP contribution in [0.1, 0.15) is 84.1 Å². The number of rotatable bonds is 3. The summed E-state index contributed by atoms with van der Waals surface area (Å²) in [5.41, 5.74) is 2.18. The number of methoxy groups -OCH3 is 1. The molecule has 34 heavy (non-hydrogen) atoms. The quantitative estimate of drug-likeness (QED) is 0.570. The van der Waals surface area contributed by atoms with Crippen LogP contribution in [0.25, 0.3) is 0 Å². The van der Waals surface area contributed by atoms with Crippen LogP contribution in [-0.2, 0) is 6.54 Å². The molecule has 9 atom stereocenters. The van der Waals surface area contributed by atoms with Gasteiger partial charge in [0.15, 0.2) is 0 Å². The highest BCUT2D eigenvalue weighted by Gasteiger charge is 2.61. The average Bonchev–Trinajstić information content (AvgIpc) is 3.20. The van der Waals surface area contributed by atoms with Gasteiger partial charge in [-0.3, -0.25) is 4.90 Å². The highest BCUT2D eigenvalue weighted by molar-refractivity contribution is 5.41. The minimum Gasteiger partial charge on any atom is -0.497 e. The summed E-state index contributed by atoms with van der Waals surface area (Å²) < 4.78 is 11.7. The van der Waals surface area contributed by atoms with Crippen LogP contribution in [0.4, 0.5) is 0 Å². The second-order valence-corrected chi connectivity index (χ2v) is 13.0. The summed E-state index contributed by atoms with van der Waals surface area (Å²) in [5.74, 6) is 6.08. The number of ether oxygens (including phenoxy) is 2. The molecule has 1 aromatic rings. The van der Waals surface area contributed by atoms with E-state index in [0.717, 1.165) is 60.5 Å². The third-order valence-electron chi connectivity index (χ3n) is 11.9. The van der Waals surface area contributed by atoms with Crippen molar-refractivity contribution in [3.05, 3.63) is 23.8 Å². The maximum Gasteiger partial charge on any atom is 0.142 e. The molecule has 4 nitrogen and oxygen atoms in total. The Kier molecular flexibility index (Phi) is 5.72. The SMILES string of the molecule is COc1ccc2c(c1)CN([C@H](C)[C@@H]1CC[C@@H]3[C@H]4CC[C@H]5C[C@@H](O)CC[C@]5(C)[C@@H]4CC[C@]31C)CO2. The van der Waals surface area contributed by atoms with Gasteiger partial charge in [0.1, 0.15) is 18.2 Å². The minimum atomic E-state index is -0.0444. The van der Waals surface area contributed by atoms with Crippen molar-refractivity contribution in [3.63, 3.8) is 0 Å². The first-order chi connectivity index (χ1) is 16.3. The normalized spacial score (nSPS) is 44.7. The Bertz CT molecular complexity index is 918. The van der Waals surface area contributed by atoms with Crippen LogP contribution in [0.5, 0.6) is 11.5 Å². The van der Waals surface area contributed by atoms with Crippen LogP contribution >= 0.6 is 0 Å². The molecule has 6 rings (SSSR count). The van der Waals surface area contributed by atoms with Crippen molar-refractivity contribution in [2.75, 3.05) is 13.8 Å². The summed E-state index contributed by atoms with van der Waals surface area (Å²) >= 11 is 0. The van der Waals surface area contributed by atoms with E-state index in [-0.39, 0.29) is 6.10 Å². The molecule has 4 aliphatic carbocycles. The Hall–Kier alpha value is -1.26. The van der Waals surface area contributed by atoms with Crippen LogP contribution < -0.4 is 9.47 Å². The van der Waals surface area contributed by atoms with E-state index in [1.165, 1.54) is 50.5 Å². The maximum absolute atomic E-state index is 10.3. The van der Waals surface area contributed by atoms with Gasteiger partial charge in [0.2, 0.25) is 0 Å². The van der Waals surface area contributed by atoms with E-state index >= 15 is 0 Å². The average molecular weight is 468 g/mol. The largest absolute Gasteiger partial charge is 0.497 e. The first kappa shape index (κ1) is 23.2. The lowest BCUT2D eigenvalue weighted by Gasteiger charge is -2.61. The van der Waals surface area contributed by atoms with Gasteiger partial charge in [-0.1, -0.05) is 13.8 Å². The topological polar surface area (TPSA) is 41.9 Å². The van der Waals surface area contributed by atoms with Crippen molar-refractivity contribution in [1.29, 1.82) is 0 Å². The van der Waals surface area contributed by atoms with Crippen molar-refractivity contribution in [2.24, 2.45) is 40.4 Å². The van der Waals surface area contributed by atoms with Gasteiger partial charge >= 0.3 is 0 Å². The van der Waals surface area contributed by atoms with Gasteiger partial charge in [-0.05, 0) is 123 Å². The van der Waals surface area contributed by atoms with E-state index in [4.69, 9.17) is 9.47 Å². The number of aliphatic hydroxyl groups excluding tert-OH is 1. The third kappa shape index (κ3) is 3.45. The number of nitrogens with zero attached hydrogens (tertiary/aromatic N) is 1. The molecule has 4 heteroatoms. The molecule has 5 aliphatic rings. The first-order valence-corrected chi connectivity index (χ1v) is 14.1. The molecule has 1 aromatic carbocycles. The van der Waals surface area contributed by atoms with Gasteiger partial charge in [-0.2, -0.15) is 0 Å². The summed E-state index contributed by atoms with van der Waals surface area (Å²) in [5, 5.41) is 10.3. The summed E-state index contributed by atoms with van der Waals surface area (Å²) in [6, 6.07) is 6.74. The third-order valence-corrected chi connectivity index (χ3v) is 11.9. The molecule has 4 saturated carbocycles. The Morgan fingerprint density at radius 2 is 1.82 bits per heavy atom. The molecule has 1 heterocycles. The van der Waals surface area contributed by atoms with Gasteiger partial charge in [-0.15, -0.1) is 0 Å². The smallest absolute Gasteiger partial charge is 0.142 e. The van der Waals surface area contributed by atoms with E-state index < -0.39 is 0 Å². The molecular weight excluding hydrogens is 422 g/mol. The number of benzene rings is 1. The number of fused-ring (bicyclic) bond motifs is 6. The van der Waals surface area contributed by atoms with E-state index in [9.17, 15) is 5.11 Å². The van der Waals surface area contributed by atoms with Crippen molar-refractivity contribution in [2.45, 2.75) is 97.2 Å². The van der Waals surface area contributed by atoms with Gasteiger partial charge in [-0.25, -0.2) is 0 Å². The Balaban J connectivity index is 1.20. The van der Waals surface area contributed by atoms with Gasteiger partial charge in [0.25, 0.3) is 0 Å². The molecule has 0 radical (unpaired) electrons. The zero-order valence-corrected chi connectivity index (χ0v) is 21.8. The molecular formula is C30H45NO3. The molecule has 4 fully saturated rings. The molecule has 0 bridgehead atoms. The molecule has 1 aliphatic heterocycles. The molecule has 0 saturated heterocycles. The van der Waals surface area contributed by atoms with Crippen molar-refractivity contribution in [1.82, 2.24) is 4.90 Å². The van der Waals surface area contributed by atoms with Gasteiger partial charge in [0, 0.05) is 18.2 Å². The first-order valence-electron chi connectivity index (χ1n) is 14.1. The lowest BCUT2D eigenvalue weighted by Crippen LogP contribution is -2.55. The molecule has 0 unspecified atom stereocenters. The number of aliphatic hydroxyl groups is 1. The highest BCUT2D eigenvalue weighted by Crippen LogP contribution is 2.68. The van der Waals surface area contributed by atoms with Crippen LogP contribution in [0.3, 0.4) is 0 Å². The monoisotopic (exact) mass is 467 g/mol. The number of hydrogen-bond donors (Lipinski definition) is 1. The van der Waals surface area contributed by atoms with Gasteiger partial charge < -0.3 is 14.6 Å². The summed E-state index contributed by atoms with van der Waals surface area (Å²) in [6.45, 7) is 9.39. The Labute approximate surface area is 206 Å². The second kappa shape index (κ2) is 8.40. The summed E-state index contributed by atoms with van der Waals surface area (Å²) in [4.78, 5) is 2.58. The van der Waals surface area contributed by atoms with Crippen LogP contribution in [0.15, 0.2) is 18.2 Å². The second-order valence-electron chi connectivity index (χ2n) is 13.0. The maximum atomic E-state index is 10.3. The minimum absolute atomic E-state index is 0.0444. The van der Waals surface area contributed by atoms with Crippen molar-refractivity contribution < 1.29 is 14.6 Å². The lowest BCUT2D eigenvalue weighted by molar-refractivity contribution is -0.131. The molecule has 188 valence electrons.